The molecule has 0 unspecified atom stereocenters. The van der Waals surface area contributed by atoms with Gasteiger partial charge in [-0.25, -0.2) is 0 Å². The Kier molecular flexibility index (Phi) is 3.76. The number of hydrogen-bond donors (Lipinski definition) is 1. The van der Waals surface area contributed by atoms with Crippen molar-refractivity contribution in [3.05, 3.63) is 54.1 Å². The van der Waals surface area contributed by atoms with Crippen LogP contribution in [0.5, 0.6) is 0 Å². The number of pyridine rings is 1. The summed E-state index contributed by atoms with van der Waals surface area (Å²) in [6, 6.07) is 8.25. The number of carbonyl (C=O) groups is 1. The van der Waals surface area contributed by atoms with E-state index in [2.05, 4.69) is 20.1 Å². The van der Waals surface area contributed by atoms with Gasteiger partial charge < -0.3 is 5.32 Å². The van der Waals surface area contributed by atoms with Gasteiger partial charge in [-0.3, -0.25) is 14.5 Å². The number of nitrogens with one attached hydrogen (secondary N) is 1. The zero-order chi connectivity index (χ0) is 16.5. The van der Waals surface area contributed by atoms with Crippen molar-refractivity contribution in [1.82, 2.24) is 14.8 Å². The number of nitrogens with zero attached hydrogens (tertiary/aromatic N) is 3. The third-order valence-corrected chi connectivity index (χ3v) is 4.88. The highest BCUT2D eigenvalue weighted by Crippen LogP contribution is 2.31. The summed E-state index contributed by atoms with van der Waals surface area (Å²) in [6.07, 6.45) is 10.0. The number of fused-ring (bicyclic) bond motifs is 1. The molecule has 1 aromatic carbocycles. The van der Waals surface area contributed by atoms with E-state index >= 15 is 0 Å². The van der Waals surface area contributed by atoms with Crippen LogP contribution in [0.4, 0.5) is 5.69 Å². The fourth-order valence-electron chi connectivity index (χ4n) is 3.55. The van der Waals surface area contributed by atoms with Crippen LogP contribution in [0.2, 0.25) is 0 Å². The standard InChI is InChI=1S/C19H20N4O/c1-13-18(12-21-23(13)15-7-3-4-8-15)22-19(24)17-11-20-10-14-6-2-5-9-16(14)17/h2,5-6,9-12,15H,3-4,7-8H2,1H3,(H,22,24). The molecule has 2 aromatic heterocycles. The van der Waals surface area contributed by atoms with E-state index in [0.717, 1.165) is 22.2 Å². The van der Waals surface area contributed by atoms with Gasteiger partial charge in [-0.15, -0.1) is 0 Å². The summed E-state index contributed by atoms with van der Waals surface area (Å²) in [5.74, 6) is -0.145. The van der Waals surface area contributed by atoms with E-state index in [1.165, 1.54) is 25.7 Å². The van der Waals surface area contributed by atoms with E-state index in [4.69, 9.17) is 0 Å². The van der Waals surface area contributed by atoms with Crippen molar-refractivity contribution in [2.24, 2.45) is 0 Å². The normalized spacial score (nSPS) is 15.0. The predicted octanol–water partition coefficient (Wildman–Crippen LogP) is 4.11. The number of anilines is 1. The number of amides is 1. The van der Waals surface area contributed by atoms with Crippen molar-refractivity contribution in [2.75, 3.05) is 5.32 Å². The minimum atomic E-state index is -0.145. The highest BCUT2D eigenvalue weighted by Gasteiger charge is 2.21. The molecule has 3 aromatic rings. The van der Waals surface area contributed by atoms with Crippen LogP contribution in [0.1, 0.15) is 47.8 Å². The van der Waals surface area contributed by atoms with Gasteiger partial charge in [0, 0.05) is 17.8 Å². The van der Waals surface area contributed by atoms with Gasteiger partial charge in [0.1, 0.15) is 0 Å². The molecule has 0 spiro atoms. The minimum Gasteiger partial charge on any atom is -0.319 e. The predicted molar refractivity (Wildman–Crippen MR) is 94.2 cm³/mol. The van der Waals surface area contributed by atoms with Gasteiger partial charge in [0.15, 0.2) is 0 Å². The fraction of sp³-hybridized carbons (Fsp3) is 0.316. The van der Waals surface area contributed by atoms with Gasteiger partial charge in [0.25, 0.3) is 5.91 Å². The molecule has 1 aliphatic rings. The molecule has 5 heteroatoms. The molecule has 122 valence electrons. The molecule has 1 amide bonds. The van der Waals surface area contributed by atoms with Gasteiger partial charge in [0.2, 0.25) is 0 Å². The Labute approximate surface area is 140 Å². The maximum Gasteiger partial charge on any atom is 0.257 e. The number of hydrogen-bond acceptors (Lipinski definition) is 3. The Bertz CT molecular complexity index is 888. The molecule has 0 aliphatic heterocycles. The van der Waals surface area contributed by atoms with Crippen LogP contribution in [0.25, 0.3) is 10.8 Å². The van der Waals surface area contributed by atoms with Crippen LogP contribution in [0.3, 0.4) is 0 Å². The van der Waals surface area contributed by atoms with Crippen molar-refractivity contribution in [3.63, 3.8) is 0 Å². The van der Waals surface area contributed by atoms with Crippen molar-refractivity contribution >= 4 is 22.4 Å². The molecule has 1 N–H and O–H groups in total. The van der Waals surface area contributed by atoms with Gasteiger partial charge in [-0.05, 0) is 25.2 Å². The van der Waals surface area contributed by atoms with Crippen molar-refractivity contribution in [1.29, 1.82) is 0 Å². The molecule has 5 nitrogen and oxygen atoms in total. The van der Waals surface area contributed by atoms with E-state index < -0.39 is 0 Å². The molecule has 0 saturated heterocycles. The molecule has 1 aliphatic carbocycles. The zero-order valence-corrected chi connectivity index (χ0v) is 13.7. The summed E-state index contributed by atoms with van der Waals surface area (Å²) in [5.41, 5.74) is 2.38. The quantitative estimate of drug-likeness (QED) is 0.790. The molecule has 0 atom stereocenters. The molecular weight excluding hydrogens is 300 g/mol. The molecule has 2 heterocycles. The average Bonchev–Trinajstić information content (AvgIpc) is 3.25. The SMILES string of the molecule is Cc1c(NC(=O)c2cncc3ccccc23)cnn1C1CCCC1. The fourth-order valence-corrected chi connectivity index (χ4v) is 3.55. The summed E-state index contributed by atoms with van der Waals surface area (Å²) in [6.45, 7) is 2.02. The summed E-state index contributed by atoms with van der Waals surface area (Å²) in [5, 5.41) is 9.36. The largest absolute Gasteiger partial charge is 0.319 e. The lowest BCUT2D eigenvalue weighted by Gasteiger charge is -2.13. The van der Waals surface area contributed by atoms with Crippen molar-refractivity contribution in [3.8, 4) is 0 Å². The van der Waals surface area contributed by atoms with Crippen LogP contribution in [-0.4, -0.2) is 20.7 Å². The summed E-state index contributed by atoms with van der Waals surface area (Å²) in [4.78, 5) is 16.9. The molecule has 1 fully saturated rings. The maximum atomic E-state index is 12.7. The van der Waals surface area contributed by atoms with Crippen LogP contribution in [0.15, 0.2) is 42.9 Å². The van der Waals surface area contributed by atoms with E-state index in [1.807, 2.05) is 31.2 Å². The third-order valence-electron chi connectivity index (χ3n) is 4.88. The van der Waals surface area contributed by atoms with E-state index in [-0.39, 0.29) is 5.91 Å². The first kappa shape index (κ1) is 14.9. The smallest absolute Gasteiger partial charge is 0.257 e. The second kappa shape index (κ2) is 6.07. The van der Waals surface area contributed by atoms with Gasteiger partial charge in [-0.1, -0.05) is 37.1 Å². The first-order valence-corrected chi connectivity index (χ1v) is 8.42. The van der Waals surface area contributed by atoms with E-state index in [0.29, 0.717) is 11.6 Å². The van der Waals surface area contributed by atoms with Gasteiger partial charge in [-0.2, -0.15) is 5.10 Å². The minimum absolute atomic E-state index is 0.145. The highest BCUT2D eigenvalue weighted by molar-refractivity contribution is 6.12. The topological polar surface area (TPSA) is 59.8 Å². The third kappa shape index (κ3) is 2.56. The maximum absolute atomic E-state index is 12.7. The summed E-state index contributed by atoms with van der Waals surface area (Å²) < 4.78 is 2.06. The Hall–Kier alpha value is -2.69. The molecule has 4 rings (SSSR count). The van der Waals surface area contributed by atoms with Crippen LogP contribution < -0.4 is 5.32 Å². The van der Waals surface area contributed by atoms with Crippen LogP contribution in [-0.2, 0) is 0 Å². The Balaban J connectivity index is 1.62. The second-order valence-corrected chi connectivity index (χ2v) is 6.39. The number of aromatic nitrogens is 3. The van der Waals surface area contributed by atoms with Crippen molar-refractivity contribution in [2.45, 2.75) is 38.6 Å². The Morgan fingerprint density at radius 2 is 1.96 bits per heavy atom. The summed E-state index contributed by atoms with van der Waals surface area (Å²) >= 11 is 0. The number of carbonyl (C=O) groups excluding carboxylic acids is 1. The molecule has 0 bridgehead atoms. The lowest BCUT2D eigenvalue weighted by atomic mass is 10.1. The number of rotatable bonds is 3. The monoisotopic (exact) mass is 320 g/mol. The molecule has 24 heavy (non-hydrogen) atoms. The molecular formula is C19H20N4O. The zero-order valence-electron chi connectivity index (χ0n) is 13.7. The van der Waals surface area contributed by atoms with Crippen LogP contribution >= 0.6 is 0 Å². The van der Waals surface area contributed by atoms with Gasteiger partial charge >= 0.3 is 0 Å². The Morgan fingerprint density at radius 3 is 2.79 bits per heavy atom. The van der Waals surface area contributed by atoms with E-state index in [1.54, 1.807) is 18.6 Å². The first-order chi connectivity index (χ1) is 11.7. The van der Waals surface area contributed by atoms with E-state index in [9.17, 15) is 4.79 Å². The number of benzene rings is 1. The van der Waals surface area contributed by atoms with Crippen molar-refractivity contribution < 1.29 is 4.79 Å². The molecule has 0 radical (unpaired) electrons. The molecule has 1 saturated carbocycles. The summed E-state index contributed by atoms with van der Waals surface area (Å²) in [7, 11) is 0. The average molecular weight is 320 g/mol. The lowest BCUT2D eigenvalue weighted by molar-refractivity contribution is 0.102. The Morgan fingerprint density at radius 1 is 1.17 bits per heavy atom. The highest BCUT2D eigenvalue weighted by atomic mass is 16.1. The van der Waals surface area contributed by atoms with Crippen LogP contribution in [0, 0.1) is 6.92 Å². The lowest BCUT2D eigenvalue weighted by Crippen LogP contribution is -2.14. The van der Waals surface area contributed by atoms with Gasteiger partial charge in [0.05, 0.1) is 29.2 Å². The first-order valence-electron chi connectivity index (χ1n) is 8.42. The second-order valence-electron chi connectivity index (χ2n) is 6.39.